The Morgan fingerprint density at radius 3 is 2.67 bits per heavy atom. The van der Waals surface area contributed by atoms with Crippen LogP contribution in [0.1, 0.15) is 24.0 Å². The summed E-state index contributed by atoms with van der Waals surface area (Å²) in [5.41, 5.74) is 2.40. The highest BCUT2D eigenvalue weighted by molar-refractivity contribution is 5.91. The molecule has 1 N–H and O–H groups in total. The monoisotopic (exact) mass is 278 g/mol. The maximum atomic E-state index is 11.9. The van der Waals surface area contributed by atoms with E-state index >= 15 is 0 Å². The van der Waals surface area contributed by atoms with E-state index in [0.29, 0.717) is 6.54 Å². The molecule has 1 aromatic heterocycles. The Hall–Kier alpha value is -2.42. The Labute approximate surface area is 124 Å². The van der Waals surface area contributed by atoms with E-state index in [9.17, 15) is 4.79 Å². The van der Waals surface area contributed by atoms with Crippen molar-refractivity contribution in [1.29, 1.82) is 0 Å². The summed E-state index contributed by atoms with van der Waals surface area (Å²) in [5.74, 6) is -0.0546. The summed E-state index contributed by atoms with van der Waals surface area (Å²) < 4.78 is 0. The molecule has 1 fully saturated rings. The first-order valence-corrected chi connectivity index (χ1v) is 7.20. The van der Waals surface area contributed by atoms with Crippen LogP contribution in [0.4, 0.5) is 0 Å². The Morgan fingerprint density at radius 1 is 1.19 bits per heavy atom. The van der Waals surface area contributed by atoms with Crippen LogP contribution in [0.15, 0.2) is 60.9 Å². The van der Waals surface area contributed by atoms with E-state index in [2.05, 4.69) is 34.6 Å². The van der Waals surface area contributed by atoms with Crippen LogP contribution in [-0.2, 0) is 10.2 Å². The molecule has 106 valence electrons. The summed E-state index contributed by atoms with van der Waals surface area (Å²) in [6, 6.07) is 14.2. The molecule has 1 saturated carbocycles. The number of carbonyl (C=O) groups excluding carboxylic acids is 1. The normalized spacial score (nSPS) is 15.8. The van der Waals surface area contributed by atoms with Gasteiger partial charge in [0.1, 0.15) is 0 Å². The van der Waals surface area contributed by atoms with Crippen LogP contribution in [0, 0.1) is 0 Å². The van der Waals surface area contributed by atoms with Gasteiger partial charge in [0.15, 0.2) is 0 Å². The first-order chi connectivity index (χ1) is 10.3. The summed E-state index contributed by atoms with van der Waals surface area (Å²) >= 11 is 0. The number of nitrogens with zero attached hydrogens (tertiary/aromatic N) is 1. The second-order valence-corrected chi connectivity index (χ2v) is 5.48. The van der Waals surface area contributed by atoms with Gasteiger partial charge < -0.3 is 5.32 Å². The predicted molar refractivity (Wildman–Crippen MR) is 83.6 cm³/mol. The molecule has 0 radical (unpaired) electrons. The summed E-state index contributed by atoms with van der Waals surface area (Å²) in [7, 11) is 0. The smallest absolute Gasteiger partial charge is 0.244 e. The van der Waals surface area contributed by atoms with Gasteiger partial charge >= 0.3 is 0 Å². The van der Waals surface area contributed by atoms with E-state index in [0.717, 1.165) is 18.4 Å². The molecule has 0 spiro atoms. The van der Waals surface area contributed by atoms with Crippen molar-refractivity contribution < 1.29 is 4.79 Å². The molecule has 21 heavy (non-hydrogen) atoms. The fraction of sp³-hybridized carbons (Fsp3) is 0.222. The fourth-order valence-electron chi connectivity index (χ4n) is 2.47. The lowest BCUT2D eigenvalue weighted by molar-refractivity contribution is -0.116. The van der Waals surface area contributed by atoms with Gasteiger partial charge in [0.25, 0.3) is 0 Å². The molecule has 0 bridgehead atoms. The van der Waals surface area contributed by atoms with Gasteiger partial charge in [-0.1, -0.05) is 36.4 Å². The van der Waals surface area contributed by atoms with Gasteiger partial charge in [-0.15, -0.1) is 0 Å². The van der Waals surface area contributed by atoms with Gasteiger partial charge in [-0.25, -0.2) is 0 Å². The van der Waals surface area contributed by atoms with Gasteiger partial charge in [0.05, 0.1) is 0 Å². The van der Waals surface area contributed by atoms with Crippen LogP contribution in [0.25, 0.3) is 6.08 Å². The maximum Gasteiger partial charge on any atom is 0.244 e. The number of pyridine rings is 1. The Balaban J connectivity index is 1.56. The number of rotatable bonds is 5. The van der Waals surface area contributed by atoms with Gasteiger partial charge in [-0.2, -0.15) is 0 Å². The predicted octanol–water partition coefficient (Wildman–Crippen LogP) is 2.94. The number of hydrogen-bond acceptors (Lipinski definition) is 2. The number of carbonyl (C=O) groups is 1. The molecule has 0 aliphatic heterocycles. The van der Waals surface area contributed by atoms with E-state index < -0.39 is 0 Å². The van der Waals surface area contributed by atoms with E-state index in [4.69, 9.17) is 0 Å². The Morgan fingerprint density at radius 2 is 2.00 bits per heavy atom. The van der Waals surface area contributed by atoms with E-state index in [1.165, 1.54) is 5.56 Å². The van der Waals surface area contributed by atoms with E-state index in [-0.39, 0.29) is 11.3 Å². The van der Waals surface area contributed by atoms with Crippen LogP contribution < -0.4 is 5.32 Å². The third-order valence-electron chi connectivity index (χ3n) is 3.95. The maximum absolute atomic E-state index is 11.9. The lowest BCUT2D eigenvalue weighted by atomic mass is 9.96. The minimum Gasteiger partial charge on any atom is -0.352 e. The molecule has 3 rings (SSSR count). The van der Waals surface area contributed by atoms with Crippen molar-refractivity contribution in [2.75, 3.05) is 6.54 Å². The molecule has 1 heterocycles. The molecule has 0 saturated heterocycles. The molecule has 0 unspecified atom stereocenters. The third-order valence-corrected chi connectivity index (χ3v) is 3.95. The zero-order valence-corrected chi connectivity index (χ0v) is 11.8. The average molecular weight is 278 g/mol. The third kappa shape index (κ3) is 3.37. The number of benzene rings is 1. The molecule has 3 heteroatoms. The number of aromatic nitrogens is 1. The first-order valence-electron chi connectivity index (χ1n) is 7.20. The minimum atomic E-state index is -0.0546. The molecule has 1 aliphatic carbocycles. The van der Waals surface area contributed by atoms with Gasteiger partial charge in [0, 0.05) is 30.4 Å². The summed E-state index contributed by atoms with van der Waals surface area (Å²) in [5, 5.41) is 3.01. The zero-order chi connectivity index (χ0) is 14.5. The summed E-state index contributed by atoms with van der Waals surface area (Å²) in [6.07, 6.45) is 9.08. The molecule has 1 aliphatic rings. The van der Waals surface area contributed by atoms with Crippen molar-refractivity contribution in [3.63, 3.8) is 0 Å². The van der Waals surface area contributed by atoms with Crippen molar-refractivity contribution in [2.45, 2.75) is 18.3 Å². The quantitative estimate of drug-likeness (QED) is 0.854. The van der Waals surface area contributed by atoms with Gasteiger partial charge in [-0.05, 0) is 36.1 Å². The topological polar surface area (TPSA) is 42.0 Å². The van der Waals surface area contributed by atoms with Crippen molar-refractivity contribution in [3.8, 4) is 0 Å². The Bertz CT molecular complexity index is 631. The molecule has 1 amide bonds. The minimum absolute atomic E-state index is 0.0546. The van der Waals surface area contributed by atoms with Crippen LogP contribution in [0.2, 0.25) is 0 Å². The van der Waals surface area contributed by atoms with Crippen LogP contribution in [0.5, 0.6) is 0 Å². The first kappa shape index (κ1) is 13.6. The zero-order valence-electron chi connectivity index (χ0n) is 11.8. The van der Waals surface area contributed by atoms with E-state index in [1.807, 2.05) is 18.2 Å². The van der Waals surface area contributed by atoms with Crippen LogP contribution >= 0.6 is 0 Å². The Kier molecular flexibility index (Phi) is 3.82. The number of amides is 1. The molecular weight excluding hydrogens is 260 g/mol. The molecule has 0 atom stereocenters. The lowest BCUT2D eigenvalue weighted by Crippen LogP contribution is -2.30. The highest BCUT2D eigenvalue weighted by Crippen LogP contribution is 2.47. The van der Waals surface area contributed by atoms with Crippen molar-refractivity contribution in [1.82, 2.24) is 10.3 Å². The second kappa shape index (κ2) is 5.92. The number of hydrogen-bond donors (Lipinski definition) is 1. The van der Waals surface area contributed by atoms with Gasteiger partial charge in [0.2, 0.25) is 5.91 Å². The highest BCUT2D eigenvalue weighted by Gasteiger charge is 2.43. The van der Waals surface area contributed by atoms with Crippen molar-refractivity contribution in [2.24, 2.45) is 0 Å². The summed E-state index contributed by atoms with van der Waals surface area (Å²) in [4.78, 5) is 15.9. The molecule has 3 nitrogen and oxygen atoms in total. The molecular formula is C18H18N2O. The standard InChI is InChI=1S/C18H18N2O/c21-17(9-8-15-5-4-12-19-13-15)20-14-18(10-11-18)16-6-2-1-3-7-16/h1-9,12-13H,10-11,14H2,(H,20,21)/b9-8+. The van der Waals surface area contributed by atoms with E-state index in [1.54, 1.807) is 24.5 Å². The van der Waals surface area contributed by atoms with Crippen LogP contribution in [0.3, 0.4) is 0 Å². The molecule has 2 aromatic rings. The van der Waals surface area contributed by atoms with Crippen molar-refractivity contribution in [3.05, 3.63) is 72.1 Å². The molecule has 1 aromatic carbocycles. The van der Waals surface area contributed by atoms with Crippen molar-refractivity contribution >= 4 is 12.0 Å². The van der Waals surface area contributed by atoms with Crippen LogP contribution in [-0.4, -0.2) is 17.4 Å². The largest absolute Gasteiger partial charge is 0.352 e. The fourth-order valence-corrected chi connectivity index (χ4v) is 2.47. The average Bonchev–Trinajstić information content (AvgIpc) is 3.34. The summed E-state index contributed by atoms with van der Waals surface area (Å²) in [6.45, 7) is 0.702. The number of nitrogens with one attached hydrogen (secondary N) is 1. The highest BCUT2D eigenvalue weighted by atomic mass is 16.1. The second-order valence-electron chi connectivity index (χ2n) is 5.48. The SMILES string of the molecule is O=C(/C=C/c1cccnc1)NCC1(c2ccccc2)CC1. The van der Waals surface area contributed by atoms with Gasteiger partial charge in [-0.3, -0.25) is 9.78 Å². The lowest BCUT2D eigenvalue weighted by Gasteiger charge is -2.15.